The van der Waals surface area contributed by atoms with Crippen molar-refractivity contribution in [3.8, 4) is 23.3 Å². The summed E-state index contributed by atoms with van der Waals surface area (Å²) >= 11 is 0. The zero-order valence-corrected chi connectivity index (χ0v) is 7.19. The zero-order chi connectivity index (χ0) is 10.6. The largest absolute Gasteiger partial charge is 0.508 e. The molecule has 0 aliphatic rings. The van der Waals surface area contributed by atoms with Crippen LogP contribution in [0.15, 0.2) is 18.2 Å². The van der Waals surface area contributed by atoms with Crippen LogP contribution in [-0.4, -0.2) is 21.3 Å². The summed E-state index contributed by atoms with van der Waals surface area (Å²) in [6.45, 7) is 0. The molecule has 4 nitrogen and oxygen atoms in total. The van der Waals surface area contributed by atoms with E-state index in [4.69, 9.17) is 10.2 Å². The highest BCUT2D eigenvalue weighted by atomic mass is 16.4. The van der Waals surface area contributed by atoms with Crippen molar-refractivity contribution in [3.05, 3.63) is 23.8 Å². The molecular weight excluding hydrogens is 184 g/mol. The van der Waals surface area contributed by atoms with Crippen LogP contribution in [0.1, 0.15) is 12.0 Å². The highest BCUT2D eigenvalue weighted by molar-refractivity contribution is 5.70. The molecule has 14 heavy (non-hydrogen) atoms. The van der Waals surface area contributed by atoms with Gasteiger partial charge in [-0.15, -0.1) is 0 Å². The van der Waals surface area contributed by atoms with Crippen LogP contribution in [0.25, 0.3) is 0 Å². The SMILES string of the molecule is O=C(O)CC#Cc1ccc(O)cc1O. The fourth-order valence-corrected chi connectivity index (χ4v) is 0.841. The Morgan fingerprint density at radius 3 is 2.64 bits per heavy atom. The van der Waals surface area contributed by atoms with E-state index in [1.54, 1.807) is 0 Å². The van der Waals surface area contributed by atoms with Gasteiger partial charge in [0, 0.05) is 6.07 Å². The van der Waals surface area contributed by atoms with E-state index >= 15 is 0 Å². The average molecular weight is 192 g/mol. The Bertz CT molecular complexity index is 412. The van der Waals surface area contributed by atoms with Gasteiger partial charge < -0.3 is 15.3 Å². The third-order valence-electron chi connectivity index (χ3n) is 1.44. The van der Waals surface area contributed by atoms with Crippen LogP contribution < -0.4 is 0 Å². The number of rotatable bonds is 1. The predicted molar refractivity (Wildman–Crippen MR) is 48.9 cm³/mol. The van der Waals surface area contributed by atoms with E-state index in [1.807, 2.05) is 0 Å². The summed E-state index contributed by atoms with van der Waals surface area (Å²) in [5.41, 5.74) is 0.295. The average Bonchev–Trinajstić information content (AvgIpc) is 2.08. The van der Waals surface area contributed by atoms with Crippen LogP contribution in [0.3, 0.4) is 0 Å². The number of benzene rings is 1. The number of phenolic OH excluding ortho intramolecular Hbond substituents is 2. The van der Waals surface area contributed by atoms with E-state index in [-0.39, 0.29) is 17.9 Å². The number of carbonyl (C=O) groups is 1. The number of carboxylic acid groups (broad SMARTS) is 1. The molecule has 0 amide bonds. The lowest BCUT2D eigenvalue weighted by Gasteiger charge is -1.96. The van der Waals surface area contributed by atoms with Crippen LogP contribution in [0, 0.1) is 11.8 Å². The molecule has 0 saturated carbocycles. The highest BCUT2D eigenvalue weighted by Crippen LogP contribution is 2.21. The third kappa shape index (κ3) is 2.72. The van der Waals surface area contributed by atoms with Gasteiger partial charge in [0.05, 0.1) is 5.56 Å². The van der Waals surface area contributed by atoms with Crippen molar-refractivity contribution in [3.63, 3.8) is 0 Å². The van der Waals surface area contributed by atoms with Crippen LogP contribution in [0.4, 0.5) is 0 Å². The van der Waals surface area contributed by atoms with Crippen LogP contribution in [0.5, 0.6) is 11.5 Å². The number of carboxylic acids is 1. The molecule has 0 bridgehead atoms. The molecule has 0 aromatic heterocycles. The van der Waals surface area contributed by atoms with Crippen molar-refractivity contribution in [2.24, 2.45) is 0 Å². The predicted octanol–water partition coefficient (Wildman–Crippen LogP) is 0.924. The van der Waals surface area contributed by atoms with Gasteiger partial charge in [-0.3, -0.25) is 4.79 Å². The molecule has 1 aromatic carbocycles. The van der Waals surface area contributed by atoms with Gasteiger partial charge in [-0.1, -0.05) is 11.8 Å². The van der Waals surface area contributed by atoms with Gasteiger partial charge in [0.15, 0.2) is 0 Å². The Labute approximate surface area is 80.4 Å². The smallest absolute Gasteiger partial charge is 0.315 e. The van der Waals surface area contributed by atoms with Crippen molar-refractivity contribution in [2.45, 2.75) is 6.42 Å². The first-order chi connectivity index (χ1) is 6.59. The molecule has 0 aliphatic heterocycles. The van der Waals surface area contributed by atoms with E-state index in [9.17, 15) is 9.90 Å². The molecule has 0 unspecified atom stereocenters. The van der Waals surface area contributed by atoms with Crippen molar-refractivity contribution in [1.29, 1.82) is 0 Å². The number of hydrogen-bond donors (Lipinski definition) is 3. The van der Waals surface area contributed by atoms with E-state index in [1.165, 1.54) is 12.1 Å². The Kier molecular flexibility index (Phi) is 2.97. The summed E-state index contributed by atoms with van der Waals surface area (Å²) in [5.74, 6) is 3.60. The summed E-state index contributed by atoms with van der Waals surface area (Å²) < 4.78 is 0. The minimum absolute atomic E-state index is 0.0636. The molecule has 0 heterocycles. The molecule has 1 rings (SSSR count). The lowest BCUT2D eigenvalue weighted by atomic mass is 10.2. The Hall–Kier alpha value is -2.15. The summed E-state index contributed by atoms with van der Waals surface area (Å²) in [5, 5.41) is 26.5. The lowest BCUT2D eigenvalue weighted by molar-refractivity contribution is -0.135. The molecule has 0 spiro atoms. The quantitative estimate of drug-likeness (QED) is 0.578. The van der Waals surface area contributed by atoms with Gasteiger partial charge in [-0.25, -0.2) is 0 Å². The van der Waals surface area contributed by atoms with Gasteiger partial charge in [0.2, 0.25) is 0 Å². The topological polar surface area (TPSA) is 77.8 Å². The van der Waals surface area contributed by atoms with Crippen molar-refractivity contribution < 1.29 is 20.1 Å². The van der Waals surface area contributed by atoms with Crippen LogP contribution >= 0.6 is 0 Å². The standard InChI is InChI=1S/C10H8O4/c11-8-5-4-7(9(12)6-8)2-1-3-10(13)14/h4-6,11-12H,3H2,(H,13,14). The zero-order valence-electron chi connectivity index (χ0n) is 7.19. The molecule has 0 atom stereocenters. The first-order valence-corrected chi connectivity index (χ1v) is 3.82. The van der Waals surface area contributed by atoms with Crippen molar-refractivity contribution in [1.82, 2.24) is 0 Å². The number of aromatic hydroxyl groups is 2. The first-order valence-electron chi connectivity index (χ1n) is 3.82. The second kappa shape index (κ2) is 4.19. The Morgan fingerprint density at radius 1 is 1.36 bits per heavy atom. The summed E-state index contributed by atoms with van der Waals surface area (Å²) in [4.78, 5) is 10.1. The molecule has 72 valence electrons. The monoisotopic (exact) mass is 192 g/mol. The van der Waals surface area contributed by atoms with Crippen molar-refractivity contribution >= 4 is 5.97 Å². The molecule has 0 fully saturated rings. The summed E-state index contributed by atoms with van der Waals surface area (Å²) in [6.07, 6.45) is -0.277. The van der Waals surface area contributed by atoms with Gasteiger partial charge in [0.25, 0.3) is 0 Å². The van der Waals surface area contributed by atoms with Gasteiger partial charge in [-0.2, -0.15) is 0 Å². The minimum Gasteiger partial charge on any atom is -0.508 e. The van der Waals surface area contributed by atoms with E-state index in [0.717, 1.165) is 6.07 Å². The molecule has 4 heteroatoms. The maximum absolute atomic E-state index is 10.1. The molecule has 3 N–H and O–H groups in total. The summed E-state index contributed by atoms with van der Waals surface area (Å²) in [7, 11) is 0. The molecule has 0 saturated heterocycles. The molecular formula is C10H8O4. The third-order valence-corrected chi connectivity index (χ3v) is 1.44. The fourth-order valence-electron chi connectivity index (χ4n) is 0.841. The molecule has 1 aromatic rings. The maximum Gasteiger partial charge on any atom is 0.315 e. The van der Waals surface area contributed by atoms with E-state index in [2.05, 4.69) is 11.8 Å². The number of phenols is 2. The normalized spacial score (nSPS) is 8.86. The number of aliphatic carboxylic acids is 1. The van der Waals surface area contributed by atoms with Crippen LogP contribution in [0.2, 0.25) is 0 Å². The number of hydrogen-bond acceptors (Lipinski definition) is 3. The second-order valence-electron chi connectivity index (χ2n) is 2.57. The van der Waals surface area contributed by atoms with Gasteiger partial charge in [-0.05, 0) is 12.1 Å². The van der Waals surface area contributed by atoms with Gasteiger partial charge >= 0.3 is 5.97 Å². The maximum atomic E-state index is 10.1. The minimum atomic E-state index is -1.02. The van der Waals surface area contributed by atoms with E-state index in [0.29, 0.717) is 5.56 Å². The fraction of sp³-hybridized carbons (Fsp3) is 0.100. The van der Waals surface area contributed by atoms with Gasteiger partial charge in [0.1, 0.15) is 17.9 Å². The highest BCUT2D eigenvalue weighted by Gasteiger charge is 1.98. The molecule has 0 aliphatic carbocycles. The summed E-state index contributed by atoms with van der Waals surface area (Å²) in [6, 6.07) is 3.93. The second-order valence-corrected chi connectivity index (χ2v) is 2.57. The van der Waals surface area contributed by atoms with Crippen LogP contribution in [-0.2, 0) is 4.79 Å². The Balaban J connectivity index is 2.85. The van der Waals surface area contributed by atoms with E-state index < -0.39 is 5.97 Å². The lowest BCUT2D eigenvalue weighted by Crippen LogP contribution is -1.90. The first kappa shape index (κ1) is 9.93. The van der Waals surface area contributed by atoms with Crippen molar-refractivity contribution in [2.75, 3.05) is 0 Å². The Morgan fingerprint density at radius 2 is 2.07 bits per heavy atom. The molecule has 0 radical (unpaired) electrons.